The van der Waals surface area contributed by atoms with Crippen molar-refractivity contribution in [3.05, 3.63) is 72.4 Å². The second-order valence-corrected chi connectivity index (χ2v) is 9.96. The van der Waals surface area contributed by atoms with Crippen LogP contribution in [0.5, 0.6) is 5.75 Å². The lowest BCUT2D eigenvalue weighted by molar-refractivity contribution is -0.274. The summed E-state index contributed by atoms with van der Waals surface area (Å²) >= 11 is 0. The third kappa shape index (κ3) is 5.50. The van der Waals surface area contributed by atoms with Crippen LogP contribution in [0.15, 0.2) is 66.1 Å². The molecule has 7 nitrogen and oxygen atoms in total. The SMILES string of the molecule is Cn1cnc(S(=O)(=O)N2C[C@H](CNc3cccc(OC(F)(F)F)c3)[C@@H](c3ccc(F)cc3)C2)c1. The van der Waals surface area contributed by atoms with E-state index in [0.717, 1.165) is 5.56 Å². The number of ether oxygens (including phenoxy) is 1. The van der Waals surface area contributed by atoms with E-state index in [2.05, 4.69) is 15.0 Å². The highest BCUT2D eigenvalue weighted by atomic mass is 32.2. The van der Waals surface area contributed by atoms with Gasteiger partial charge in [0.1, 0.15) is 11.6 Å². The second kappa shape index (κ2) is 9.26. The zero-order valence-corrected chi connectivity index (χ0v) is 18.9. The molecule has 0 amide bonds. The predicted octanol–water partition coefficient (Wildman–Crippen LogP) is 3.97. The van der Waals surface area contributed by atoms with Crippen LogP contribution < -0.4 is 10.1 Å². The second-order valence-electron chi connectivity index (χ2n) is 8.07. The summed E-state index contributed by atoms with van der Waals surface area (Å²) in [4.78, 5) is 3.96. The molecule has 0 saturated carbocycles. The van der Waals surface area contributed by atoms with E-state index in [-0.39, 0.29) is 42.2 Å². The number of imidazole rings is 1. The molecule has 4 rings (SSSR count). The topological polar surface area (TPSA) is 76.5 Å². The van der Waals surface area contributed by atoms with Gasteiger partial charge in [0.25, 0.3) is 10.0 Å². The van der Waals surface area contributed by atoms with Gasteiger partial charge in [-0.2, -0.15) is 4.31 Å². The van der Waals surface area contributed by atoms with Crippen molar-refractivity contribution in [3.8, 4) is 5.75 Å². The van der Waals surface area contributed by atoms with E-state index in [1.54, 1.807) is 25.2 Å². The predicted molar refractivity (Wildman–Crippen MR) is 116 cm³/mol. The van der Waals surface area contributed by atoms with Crippen LogP contribution in [0.4, 0.5) is 23.2 Å². The summed E-state index contributed by atoms with van der Waals surface area (Å²) in [5.41, 5.74) is 1.16. The Bertz CT molecular complexity index is 1250. The average molecular weight is 499 g/mol. The Kier molecular flexibility index (Phi) is 6.54. The minimum absolute atomic E-state index is 0.0709. The molecule has 0 unspecified atom stereocenters. The average Bonchev–Trinajstić information content (AvgIpc) is 3.39. The minimum atomic E-state index is -4.81. The third-order valence-corrected chi connectivity index (χ3v) is 7.34. The number of hydrogen-bond donors (Lipinski definition) is 1. The van der Waals surface area contributed by atoms with Crippen molar-refractivity contribution in [1.29, 1.82) is 0 Å². The van der Waals surface area contributed by atoms with Crippen molar-refractivity contribution in [1.82, 2.24) is 13.9 Å². The summed E-state index contributed by atoms with van der Waals surface area (Å²) in [5.74, 6) is -1.27. The van der Waals surface area contributed by atoms with Gasteiger partial charge in [0, 0.05) is 50.6 Å². The molecule has 2 heterocycles. The number of sulfonamides is 1. The Morgan fingerprint density at radius 1 is 1.15 bits per heavy atom. The summed E-state index contributed by atoms with van der Waals surface area (Å²) in [5, 5.41) is 3.01. The maximum absolute atomic E-state index is 13.5. The molecule has 1 aliphatic heterocycles. The number of aromatic nitrogens is 2. The number of aryl methyl sites for hydroxylation is 1. The van der Waals surface area contributed by atoms with Gasteiger partial charge in [0.05, 0.1) is 6.33 Å². The molecule has 182 valence electrons. The van der Waals surface area contributed by atoms with Crippen LogP contribution >= 0.6 is 0 Å². The Hall–Kier alpha value is -3.12. The van der Waals surface area contributed by atoms with Crippen LogP contribution in [0.1, 0.15) is 11.5 Å². The molecular formula is C22H22F4N4O3S. The fraction of sp³-hybridized carbons (Fsp3) is 0.318. The van der Waals surface area contributed by atoms with E-state index < -0.39 is 22.2 Å². The summed E-state index contributed by atoms with van der Waals surface area (Å²) in [6.07, 6.45) is -1.99. The molecule has 34 heavy (non-hydrogen) atoms. The van der Waals surface area contributed by atoms with E-state index in [9.17, 15) is 26.0 Å². The fourth-order valence-corrected chi connectivity index (χ4v) is 5.52. The van der Waals surface area contributed by atoms with Crippen molar-refractivity contribution in [3.63, 3.8) is 0 Å². The van der Waals surface area contributed by atoms with Gasteiger partial charge in [-0.25, -0.2) is 17.8 Å². The zero-order valence-electron chi connectivity index (χ0n) is 18.0. The molecule has 1 aromatic heterocycles. The van der Waals surface area contributed by atoms with Crippen LogP contribution in [0.25, 0.3) is 0 Å². The van der Waals surface area contributed by atoms with Gasteiger partial charge in [-0.15, -0.1) is 13.2 Å². The molecule has 0 bridgehead atoms. The number of anilines is 1. The molecule has 2 atom stereocenters. The van der Waals surface area contributed by atoms with Crippen LogP contribution in [0, 0.1) is 11.7 Å². The molecule has 1 fully saturated rings. The van der Waals surface area contributed by atoms with E-state index in [1.165, 1.54) is 51.7 Å². The van der Waals surface area contributed by atoms with Crippen molar-refractivity contribution in [2.45, 2.75) is 17.3 Å². The minimum Gasteiger partial charge on any atom is -0.406 e. The number of hydrogen-bond acceptors (Lipinski definition) is 5. The van der Waals surface area contributed by atoms with Crippen LogP contribution in [-0.2, 0) is 17.1 Å². The fourth-order valence-electron chi connectivity index (χ4n) is 4.03. The Morgan fingerprint density at radius 2 is 1.88 bits per heavy atom. The molecular weight excluding hydrogens is 476 g/mol. The largest absolute Gasteiger partial charge is 0.573 e. The van der Waals surface area contributed by atoms with Gasteiger partial charge >= 0.3 is 6.36 Å². The molecule has 1 N–H and O–H groups in total. The van der Waals surface area contributed by atoms with Crippen LogP contribution in [-0.4, -0.2) is 48.3 Å². The first kappa shape index (κ1) is 24.0. The van der Waals surface area contributed by atoms with Crippen LogP contribution in [0.3, 0.4) is 0 Å². The summed E-state index contributed by atoms with van der Waals surface area (Å²) < 4.78 is 84.1. The molecule has 1 saturated heterocycles. The van der Waals surface area contributed by atoms with Crippen LogP contribution in [0.2, 0.25) is 0 Å². The highest BCUT2D eigenvalue weighted by Crippen LogP contribution is 2.36. The first-order valence-corrected chi connectivity index (χ1v) is 11.8. The highest BCUT2D eigenvalue weighted by molar-refractivity contribution is 7.89. The van der Waals surface area contributed by atoms with E-state index in [1.807, 2.05) is 0 Å². The molecule has 1 aliphatic rings. The number of nitrogens with one attached hydrogen (secondary N) is 1. The van der Waals surface area contributed by atoms with Crippen molar-refractivity contribution in [2.24, 2.45) is 13.0 Å². The number of nitrogens with zero attached hydrogens (tertiary/aromatic N) is 3. The lowest BCUT2D eigenvalue weighted by Crippen LogP contribution is -2.30. The standard InChI is InChI=1S/C22H22F4N4O3S/c1-29-13-21(28-14-29)34(31,32)30-11-16(20(12-30)15-5-7-17(23)8-6-15)10-27-18-3-2-4-19(9-18)33-22(24,25)26/h2-9,13-14,16,20,27H,10-12H2,1H3/t16-,20+/m0/s1. The summed E-state index contributed by atoms with van der Waals surface area (Å²) in [7, 11) is -2.19. The molecule has 2 aromatic carbocycles. The normalized spacial score (nSPS) is 19.3. The van der Waals surface area contributed by atoms with Gasteiger partial charge in [0.15, 0.2) is 5.03 Å². The first-order valence-electron chi connectivity index (χ1n) is 10.3. The van der Waals surface area contributed by atoms with E-state index in [0.29, 0.717) is 5.69 Å². The number of alkyl halides is 3. The van der Waals surface area contributed by atoms with Gasteiger partial charge < -0.3 is 14.6 Å². The van der Waals surface area contributed by atoms with Gasteiger partial charge in [0.2, 0.25) is 0 Å². The molecule has 0 radical (unpaired) electrons. The van der Waals surface area contributed by atoms with Crippen molar-refractivity contribution >= 4 is 15.7 Å². The molecule has 12 heteroatoms. The summed E-state index contributed by atoms with van der Waals surface area (Å²) in [6.45, 7) is 0.590. The maximum atomic E-state index is 13.5. The van der Waals surface area contributed by atoms with Crippen molar-refractivity contribution < 1.29 is 30.7 Å². The monoisotopic (exact) mass is 498 g/mol. The lowest BCUT2D eigenvalue weighted by atomic mass is 9.89. The Morgan fingerprint density at radius 3 is 2.53 bits per heavy atom. The third-order valence-electron chi connectivity index (χ3n) is 5.63. The van der Waals surface area contributed by atoms with E-state index >= 15 is 0 Å². The van der Waals surface area contributed by atoms with E-state index in [4.69, 9.17) is 0 Å². The molecule has 0 aliphatic carbocycles. The van der Waals surface area contributed by atoms with Crippen molar-refractivity contribution in [2.75, 3.05) is 25.0 Å². The highest BCUT2D eigenvalue weighted by Gasteiger charge is 2.40. The van der Waals surface area contributed by atoms with Gasteiger partial charge in [-0.1, -0.05) is 18.2 Å². The smallest absolute Gasteiger partial charge is 0.406 e. The van der Waals surface area contributed by atoms with Gasteiger partial charge in [-0.05, 0) is 35.7 Å². The number of halogens is 4. The molecule has 0 spiro atoms. The maximum Gasteiger partial charge on any atom is 0.573 e. The summed E-state index contributed by atoms with van der Waals surface area (Å²) in [6, 6.07) is 11.3. The quantitative estimate of drug-likeness (QED) is 0.499. The zero-order chi connectivity index (χ0) is 24.5. The molecule has 3 aromatic rings. The first-order chi connectivity index (χ1) is 16.0. The Balaban J connectivity index is 1.55. The van der Waals surface area contributed by atoms with Gasteiger partial charge in [-0.3, -0.25) is 0 Å². The number of benzene rings is 2. The number of rotatable bonds is 7. The Labute approximate surface area is 194 Å². The lowest BCUT2D eigenvalue weighted by Gasteiger charge is -2.20.